The highest BCUT2D eigenvalue weighted by Gasteiger charge is 2.14. The van der Waals surface area contributed by atoms with Crippen LogP contribution in [0.1, 0.15) is 22.8 Å². The molecule has 1 aromatic carbocycles. The molecule has 0 amide bonds. The number of carboxylic acids is 1. The van der Waals surface area contributed by atoms with Crippen LogP contribution in [0.4, 0.5) is 0 Å². The molecule has 1 rings (SSSR count). The molecule has 0 heterocycles. The van der Waals surface area contributed by atoms with Gasteiger partial charge >= 0.3 is 5.97 Å². The Balaban J connectivity index is 3.42. The number of carbonyl (C=O) groups is 1. The first-order chi connectivity index (χ1) is 6.86. The Kier molecular flexibility index (Phi) is 3.11. The van der Waals surface area contributed by atoms with E-state index in [2.05, 4.69) is 0 Å². The first-order valence-corrected chi connectivity index (χ1v) is 5.80. The lowest BCUT2D eigenvalue weighted by Gasteiger charge is -2.05. The van der Waals surface area contributed by atoms with Crippen LogP contribution in [0.15, 0.2) is 23.1 Å². The van der Waals surface area contributed by atoms with Crippen LogP contribution in [0.3, 0.4) is 0 Å². The van der Waals surface area contributed by atoms with Gasteiger partial charge in [-0.05, 0) is 24.1 Å². The molecule has 0 bridgehead atoms. The summed E-state index contributed by atoms with van der Waals surface area (Å²) in [5.41, 5.74) is 0.555. The topological polar surface area (TPSA) is 97.5 Å². The minimum atomic E-state index is -3.85. The van der Waals surface area contributed by atoms with Crippen molar-refractivity contribution < 1.29 is 18.3 Å². The van der Waals surface area contributed by atoms with Crippen LogP contribution < -0.4 is 5.14 Å². The number of sulfonamides is 1. The molecule has 0 aromatic heterocycles. The molecule has 6 heteroatoms. The lowest BCUT2D eigenvalue weighted by atomic mass is 10.1. The van der Waals surface area contributed by atoms with E-state index in [4.69, 9.17) is 10.2 Å². The van der Waals surface area contributed by atoms with Crippen molar-refractivity contribution in [3.8, 4) is 0 Å². The van der Waals surface area contributed by atoms with E-state index in [1.54, 1.807) is 6.92 Å². The van der Waals surface area contributed by atoms with Gasteiger partial charge in [0.2, 0.25) is 10.0 Å². The summed E-state index contributed by atoms with van der Waals surface area (Å²) in [5.74, 6) is -1.16. The smallest absolute Gasteiger partial charge is 0.336 e. The second kappa shape index (κ2) is 4.00. The number of nitrogens with two attached hydrogens (primary N) is 1. The quantitative estimate of drug-likeness (QED) is 0.792. The average molecular weight is 229 g/mol. The highest BCUT2D eigenvalue weighted by atomic mass is 32.2. The summed E-state index contributed by atoms with van der Waals surface area (Å²) in [6, 6.07) is 3.85. The average Bonchev–Trinajstić information content (AvgIpc) is 2.15. The SMILES string of the molecule is CCc1ccc(S(N)(=O)=O)cc1C(=O)O. The van der Waals surface area contributed by atoms with E-state index < -0.39 is 16.0 Å². The van der Waals surface area contributed by atoms with Crippen molar-refractivity contribution in [3.05, 3.63) is 29.3 Å². The maximum Gasteiger partial charge on any atom is 0.336 e. The van der Waals surface area contributed by atoms with Crippen LogP contribution in [0, 0.1) is 0 Å². The zero-order chi connectivity index (χ0) is 11.6. The highest BCUT2D eigenvalue weighted by Crippen LogP contribution is 2.15. The molecular formula is C9H11NO4S. The Morgan fingerprint density at radius 1 is 1.47 bits per heavy atom. The Morgan fingerprint density at radius 3 is 2.47 bits per heavy atom. The first-order valence-electron chi connectivity index (χ1n) is 4.25. The van der Waals surface area contributed by atoms with Crippen LogP contribution >= 0.6 is 0 Å². The molecule has 0 unspecified atom stereocenters. The monoisotopic (exact) mass is 229 g/mol. The predicted molar refractivity (Wildman–Crippen MR) is 54.2 cm³/mol. The number of aromatic carboxylic acids is 1. The van der Waals surface area contributed by atoms with E-state index in [-0.39, 0.29) is 10.5 Å². The third-order valence-corrected chi connectivity index (χ3v) is 2.93. The Hall–Kier alpha value is -1.40. The molecule has 0 saturated heterocycles. The van der Waals surface area contributed by atoms with Crippen molar-refractivity contribution in [2.75, 3.05) is 0 Å². The molecule has 0 saturated carbocycles. The first kappa shape index (κ1) is 11.7. The number of hydrogen-bond acceptors (Lipinski definition) is 3. The van der Waals surface area contributed by atoms with Gasteiger partial charge in [0, 0.05) is 0 Å². The van der Waals surface area contributed by atoms with Crippen molar-refractivity contribution in [2.45, 2.75) is 18.2 Å². The molecule has 3 N–H and O–H groups in total. The Bertz CT molecular complexity index is 493. The van der Waals surface area contributed by atoms with Crippen molar-refractivity contribution in [1.82, 2.24) is 0 Å². The number of benzene rings is 1. The summed E-state index contributed by atoms with van der Waals surface area (Å²) >= 11 is 0. The number of aryl methyl sites for hydroxylation is 1. The third-order valence-electron chi connectivity index (χ3n) is 2.02. The van der Waals surface area contributed by atoms with Gasteiger partial charge < -0.3 is 5.11 Å². The Labute approximate surface area is 87.6 Å². The molecule has 0 radical (unpaired) electrons. The summed E-state index contributed by atoms with van der Waals surface area (Å²) in [6.45, 7) is 1.79. The van der Waals surface area contributed by atoms with Gasteiger partial charge in [0.1, 0.15) is 0 Å². The van der Waals surface area contributed by atoms with Gasteiger partial charge in [-0.2, -0.15) is 0 Å². The molecule has 0 aliphatic rings. The fourth-order valence-electron chi connectivity index (χ4n) is 1.24. The van der Waals surface area contributed by atoms with Gasteiger partial charge in [-0.15, -0.1) is 0 Å². The van der Waals surface area contributed by atoms with Gasteiger partial charge in [0.15, 0.2) is 0 Å². The zero-order valence-corrected chi connectivity index (χ0v) is 8.91. The molecule has 5 nitrogen and oxygen atoms in total. The summed E-state index contributed by atoms with van der Waals surface area (Å²) < 4.78 is 22.0. The van der Waals surface area contributed by atoms with Gasteiger partial charge in [0.05, 0.1) is 10.5 Å². The van der Waals surface area contributed by atoms with E-state index in [1.807, 2.05) is 0 Å². The van der Waals surface area contributed by atoms with Gasteiger partial charge in [-0.25, -0.2) is 18.4 Å². The van der Waals surface area contributed by atoms with Crippen LogP contribution in [0.2, 0.25) is 0 Å². The minimum Gasteiger partial charge on any atom is -0.478 e. The lowest BCUT2D eigenvalue weighted by molar-refractivity contribution is 0.0695. The van der Waals surface area contributed by atoms with E-state index in [0.717, 1.165) is 6.07 Å². The van der Waals surface area contributed by atoms with Crippen molar-refractivity contribution in [2.24, 2.45) is 5.14 Å². The largest absolute Gasteiger partial charge is 0.478 e. The fourth-order valence-corrected chi connectivity index (χ4v) is 1.78. The van der Waals surface area contributed by atoms with Gasteiger partial charge in [-0.1, -0.05) is 13.0 Å². The summed E-state index contributed by atoms with van der Waals surface area (Å²) in [4.78, 5) is 10.6. The maximum atomic E-state index is 11.0. The predicted octanol–water partition coefficient (Wildman–Crippen LogP) is 0.595. The van der Waals surface area contributed by atoms with E-state index in [1.165, 1.54) is 12.1 Å². The minimum absolute atomic E-state index is 0.0241. The molecule has 0 aliphatic carbocycles. The highest BCUT2D eigenvalue weighted by molar-refractivity contribution is 7.89. The summed E-state index contributed by atoms with van der Waals surface area (Å²) in [7, 11) is -3.85. The number of carboxylic acid groups (broad SMARTS) is 1. The number of rotatable bonds is 3. The van der Waals surface area contributed by atoms with Gasteiger partial charge in [-0.3, -0.25) is 0 Å². The maximum absolute atomic E-state index is 11.0. The molecule has 82 valence electrons. The molecule has 0 aliphatic heterocycles. The van der Waals surface area contributed by atoms with Crippen LogP contribution in [-0.4, -0.2) is 19.5 Å². The summed E-state index contributed by atoms with van der Waals surface area (Å²) in [6.07, 6.45) is 0.520. The third kappa shape index (κ3) is 2.54. The summed E-state index contributed by atoms with van der Waals surface area (Å²) in [5, 5.41) is 13.7. The zero-order valence-electron chi connectivity index (χ0n) is 8.10. The second-order valence-corrected chi connectivity index (χ2v) is 4.58. The lowest BCUT2D eigenvalue weighted by Crippen LogP contribution is -2.14. The fraction of sp³-hybridized carbons (Fsp3) is 0.222. The molecule has 0 spiro atoms. The van der Waals surface area contributed by atoms with Crippen molar-refractivity contribution >= 4 is 16.0 Å². The molecule has 15 heavy (non-hydrogen) atoms. The van der Waals surface area contributed by atoms with Crippen LogP contribution in [-0.2, 0) is 16.4 Å². The van der Waals surface area contributed by atoms with E-state index >= 15 is 0 Å². The van der Waals surface area contributed by atoms with E-state index in [9.17, 15) is 13.2 Å². The van der Waals surface area contributed by atoms with E-state index in [0.29, 0.717) is 12.0 Å². The molecule has 1 aromatic rings. The van der Waals surface area contributed by atoms with Crippen molar-refractivity contribution in [3.63, 3.8) is 0 Å². The van der Waals surface area contributed by atoms with Crippen molar-refractivity contribution in [1.29, 1.82) is 0 Å². The van der Waals surface area contributed by atoms with Gasteiger partial charge in [0.25, 0.3) is 0 Å². The number of hydrogen-bond donors (Lipinski definition) is 2. The Morgan fingerprint density at radius 2 is 2.07 bits per heavy atom. The normalized spacial score (nSPS) is 11.3. The number of primary sulfonamides is 1. The van der Waals surface area contributed by atoms with Crippen LogP contribution in [0.5, 0.6) is 0 Å². The molecular weight excluding hydrogens is 218 g/mol. The molecule has 0 fully saturated rings. The molecule has 0 atom stereocenters. The second-order valence-electron chi connectivity index (χ2n) is 3.02. The van der Waals surface area contributed by atoms with Crippen LogP contribution in [0.25, 0.3) is 0 Å². The standard InChI is InChI=1S/C9H11NO4S/c1-2-6-3-4-7(15(10,13)14)5-8(6)9(11)12/h3-5H,2H2,1H3,(H,11,12)(H2,10,13,14).